The first-order valence-corrected chi connectivity index (χ1v) is 3.82. The molecule has 0 fully saturated rings. The molecule has 1 aromatic heterocycles. The molecule has 2 rings (SSSR count). The molecular weight excluding hydrogens is 187 g/mol. The number of aromatic nitrogens is 2. The zero-order valence-corrected chi connectivity index (χ0v) is 6.94. The van der Waals surface area contributed by atoms with Gasteiger partial charge in [-0.15, -0.1) is 0 Å². The van der Waals surface area contributed by atoms with Crippen LogP contribution in [-0.2, 0) is 0 Å². The summed E-state index contributed by atoms with van der Waals surface area (Å²) in [6, 6.07) is 4.12. The van der Waals surface area contributed by atoms with Crippen LogP contribution < -0.4 is 0 Å². The number of nitrogens with zero attached hydrogens (tertiary/aromatic N) is 2. The zero-order chi connectivity index (χ0) is 10.1. The molecule has 70 valence electrons. The number of carbonyl (C=O) groups is 1. The van der Waals surface area contributed by atoms with Crippen LogP contribution in [0.1, 0.15) is 10.5 Å². The van der Waals surface area contributed by atoms with E-state index in [1.807, 2.05) is 0 Å². The van der Waals surface area contributed by atoms with Gasteiger partial charge in [-0.2, -0.15) is 0 Å². The number of hydrogen-bond acceptors (Lipinski definition) is 3. The van der Waals surface area contributed by atoms with Crippen molar-refractivity contribution in [1.29, 1.82) is 0 Å². The second kappa shape index (κ2) is 3.02. The second-order valence-corrected chi connectivity index (χ2v) is 2.66. The summed E-state index contributed by atoms with van der Waals surface area (Å²) in [4.78, 5) is 18.0. The Morgan fingerprint density at radius 3 is 2.86 bits per heavy atom. The summed E-state index contributed by atoms with van der Waals surface area (Å²) >= 11 is 0. The summed E-state index contributed by atoms with van der Waals surface area (Å²) in [6.45, 7) is 0. The number of hydrogen-bond donors (Lipinski definition) is 1. The van der Waals surface area contributed by atoms with Gasteiger partial charge in [-0.25, -0.2) is 19.2 Å². The predicted octanol–water partition coefficient (Wildman–Crippen LogP) is 1.47. The van der Waals surface area contributed by atoms with E-state index in [1.54, 1.807) is 0 Å². The SMILES string of the molecule is O=C(O)c1ncnc2c(F)cccc12. The lowest BCUT2D eigenvalue weighted by atomic mass is 10.2. The van der Waals surface area contributed by atoms with Gasteiger partial charge in [0.15, 0.2) is 5.69 Å². The van der Waals surface area contributed by atoms with Gasteiger partial charge in [0.05, 0.1) is 0 Å². The Morgan fingerprint density at radius 2 is 2.14 bits per heavy atom. The highest BCUT2D eigenvalue weighted by Crippen LogP contribution is 2.17. The third-order valence-corrected chi connectivity index (χ3v) is 1.82. The van der Waals surface area contributed by atoms with Crippen molar-refractivity contribution < 1.29 is 14.3 Å². The van der Waals surface area contributed by atoms with Gasteiger partial charge in [0, 0.05) is 5.39 Å². The van der Waals surface area contributed by atoms with Gasteiger partial charge in [-0.3, -0.25) is 0 Å². The lowest BCUT2D eigenvalue weighted by molar-refractivity contribution is 0.0692. The minimum absolute atomic E-state index is 0.0277. The number of carboxylic acid groups (broad SMARTS) is 1. The van der Waals surface area contributed by atoms with Crippen LogP contribution in [0.15, 0.2) is 24.5 Å². The molecule has 4 nitrogen and oxygen atoms in total. The lowest BCUT2D eigenvalue weighted by Gasteiger charge is -2.00. The summed E-state index contributed by atoms with van der Waals surface area (Å²) < 4.78 is 13.1. The monoisotopic (exact) mass is 192 g/mol. The van der Waals surface area contributed by atoms with Gasteiger partial charge in [-0.05, 0) is 6.07 Å². The third kappa shape index (κ3) is 1.19. The first-order valence-electron chi connectivity index (χ1n) is 3.82. The summed E-state index contributed by atoms with van der Waals surface area (Å²) in [5.41, 5.74) is -0.158. The van der Waals surface area contributed by atoms with Gasteiger partial charge < -0.3 is 5.11 Å². The summed E-state index contributed by atoms with van der Waals surface area (Å²) in [6.07, 6.45) is 1.04. The summed E-state index contributed by atoms with van der Waals surface area (Å²) in [5.74, 6) is -1.74. The van der Waals surface area contributed by atoms with Crippen LogP contribution in [0.2, 0.25) is 0 Å². The van der Waals surface area contributed by atoms with Gasteiger partial charge in [0.1, 0.15) is 17.7 Å². The smallest absolute Gasteiger partial charge is 0.355 e. The molecule has 0 spiro atoms. The molecule has 0 saturated carbocycles. The third-order valence-electron chi connectivity index (χ3n) is 1.82. The molecule has 0 aliphatic rings. The topological polar surface area (TPSA) is 63.1 Å². The maximum absolute atomic E-state index is 13.1. The van der Waals surface area contributed by atoms with Crippen LogP contribution in [0, 0.1) is 5.82 Å². The van der Waals surface area contributed by atoms with Crippen LogP contribution in [0.25, 0.3) is 10.9 Å². The van der Waals surface area contributed by atoms with Gasteiger partial charge in [-0.1, -0.05) is 12.1 Å². The van der Waals surface area contributed by atoms with E-state index in [1.165, 1.54) is 18.2 Å². The zero-order valence-electron chi connectivity index (χ0n) is 6.94. The molecule has 1 aromatic carbocycles. The highest BCUT2D eigenvalue weighted by Gasteiger charge is 2.12. The van der Waals surface area contributed by atoms with Gasteiger partial charge in [0.2, 0.25) is 0 Å². The number of rotatable bonds is 1. The standard InChI is InChI=1S/C9H5FN2O2/c10-6-3-1-2-5-7(6)11-4-12-8(5)9(13)14/h1-4H,(H,13,14). The Morgan fingerprint density at radius 1 is 1.36 bits per heavy atom. The number of halogens is 1. The molecule has 0 aliphatic heterocycles. The molecule has 14 heavy (non-hydrogen) atoms. The Kier molecular flexibility index (Phi) is 1.85. The average molecular weight is 192 g/mol. The Labute approximate surface area is 78.0 Å². The van der Waals surface area contributed by atoms with Crippen molar-refractivity contribution in [2.24, 2.45) is 0 Å². The van der Waals surface area contributed by atoms with E-state index in [-0.39, 0.29) is 16.6 Å². The first-order chi connectivity index (χ1) is 6.70. The number of para-hydroxylation sites is 1. The lowest BCUT2D eigenvalue weighted by Crippen LogP contribution is -2.02. The fourth-order valence-electron chi connectivity index (χ4n) is 1.22. The van der Waals surface area contributed by atoms with Crippen LogP contribution in [0.5, 0.6) is 0 Å². The maximum atomic E-state index is 13.1. The Bertz CT molecular complexity index is 513. The van der Waals surface area contributed by atoms with Gasteiger partial charge >= 0.3 is 5.97 Å². The molecule has 0 saturated heterocycles. The number of benzene rings is 1. The Hall–Kier alpha value is -2.04. The molecule has 5 heteroatoms. The first kappa shape index (κ1) is 8.55. The molecule has 0 amide bonds. The molecule has 0 bridgehead atoms. The van der Waals surface area contributed by atoms with Crippen LogP contribution >= 0.6 is 0 Å². The van der Waals surface area contributed by atoms with E-state index in [4.69, 9.17) is 5.11 Å². The summed E-state index contributed by atoms with van der Waals surface area (Å²) in [5, 5.41) is 8.97. The number of fused-ring (bicyclic) bond motifs is 1. The van der Waals surface area contributed by atoms with Crippen LogP contribution in [-0.4, -0.2) is 21.0 Å². The van der Waals surface area contributed by atoms with E-state index in [0.29, 0.717) is 0 Å². The molecule has 0 aliphatic carbocycles. The molecule has 1 heterocycles. The van der Waals surface area contributed by atoms with Crippen molar-refractivity contribution in [1.82, 2.24) is 9.97 Å². The van der Waals surface area contributed by atoms with Crippen molar-refractivity contribution in [3.8, 4) is 0 Å². The van der Waals surface area contributed by atoms with Crippen molar-refractivity contribution in [2.45, 2.75) is 0 Å². The minimum Gasteiger partial charge on any atom is -0.476 e. The normalized spacial score (nSPS) is 10.4. The Balaban J connectivity index is 2.88. The molecule has 0 atom stereocenters. The van der Waals surface area contributed by atoms with E-state index in [9.17, 15) is 9.18 Å². The number of carboxylic acids is 1. The van der Waals surface area contributed by atoms with Crippen molar-refractivity contribution in [3.63, 3.8) is 0 Å². The molecule has 2 aromatic rings. The van der Waals surface area contributed by atoms with Crippen molar-refractivity contribution >= 4 is 16.9 Å². The van der Waals surface area contributed by atoms with Crippen molar-refractivity contribution in [2.75, 3.05) is 0 Å². The molecule has 0 radical (unpaired) electrons. The predicted molar refractivity (Wildman–Crippen MR) is 46.5 cm³/mol. The highest BCUT2D eigenvalue weighted by atomic mass is 19.1. The molecular formula is C9H5FN2O2. The minimum atomic E-state index is -1.19. The maximum Gasteiger partial charge on any atom is 0.355 e. The van der Waals surface area contributed by atoms with Crippen LogP contribution in [0.3, 0.4) is 0 Å². The van der Waals surface area contributed by atoms with E-state index >= 15 is 0 Å². The van der Waals surface area contributed by atoms with E-state index in [2.05, 4.69) is 9.97 Å². The van der Waals surface area contributed by atoms with Gasteiger partial charge in [0.25, 0.3) is 0 Å². The number of aromatic carboxylic acids is 1. The molecule has 0 unspecified atom stereocenters. The average Bonchev–Trinajstić information content (AvgIpc) is 2.17. The largest absolute Gasteiger partial charge is 0.476 e. The quantitative estimate of drug-likeness (QED) is 0.743. The fraction of sp³-hybridized carbons (Fsp3) is 0. The molecule has 1 N–H and O–H groups in total. The fourth-order valence-corrected chi connectivity index (χ4v) is 1.22. The van der Waals surface area contributed by atoms with E-state index in [0.717, 1.165) is 6.33 Å². The van der Waals surface area contributed by atoms with Crippen LogP contribution in [0.4, 0.5) is 4.39 Å². The van der Waals surface area contributed by atoms with E-state index < -0.39 is 11.8 Å². The second-order valence-electron chi connectivity index (χ2n) is 2.66. The van der Waals surface area contributed by atoms with Crippen molar-refractivity contribution in [3.05, 3.63) is 36.0 Å². The summed E-state index contributed by atoms with van der Waals surface area (Å²) in [7, 11) is 0. The highest BCUT2D eigenvalue weighted by molar-refractivity contribution is 6.00.